The summed E-state index contributed by atoms with van der Waals surface area (Å²) in [7, 11) is 3.27. The SMILES string of the molecule is CN[C@@H](C)C(=O)N[C@H](C(=O)N1C[C@@H](NC(=O)c2ccc(C(=O)N[C@H]3C[C@@H](C(=O)N[C@H](c4ccccc4)c4ccc(C)cc4)N(C(=O)[C@@H](NC(=O)[C@H](C)NC)C(C)(C)C)C3)cc2)C[C@H]1C(N)=O)C(C)(C)C. The first-order valence-electron chi connectivity index (χ1n) is 23.8. The Kier molecular flexibility index (Phi) is 17.7. The molecule has 0 aromatic heterocycles. The highest BCUT2D eigenvalue weighted by atomic mass is 16.2. The Labute approximate surface area is 411 Å². The van der Waals surface area contributed by atoms with Crippen molar-refractivity contribution in [1.29, 1.82) is 0 Å². The van der Waals surface area contributed by atoms with Crippen LogP contribution in [0.15, 0.2) is 78.9 Å². The molecule has 0 bridgehead atoms. The van der Waals surface area contributed by atoms with Crippen LogP contribution in [0.25, 0.3) is 0 Å². The van der Waals surface area contributed by atoms with Crippen molar-refractivity contribution in [1.82, 2.24) is 47.0 Å². The van der Waals surface area contributed by atoms with E-state index in [4.69, 9.17) is 5.73 Å². The van der Waals surface area contributed by atoms with Gasteiger partial charge in [0.25, 0.3) is 11.8 Å². The number of likely N-dealkylation sites (N-methyl/N-ethyl adjacent to an activating group) is 2. The molecule has 8 amide bonds. The zero-order valence-corrected chi connectivity index (χ0v) is 42.3. The van der Waals surface area contributed by atoms with E-state index in [2.05, 4.69) is 37.2 Å². The van der Waals surface area contributed by atoms with E-state index in [9.17, 15) is 38.4 Å². The number of carbonyl (C=O) groups excluding carboxylic acids is 8. The van der Waals surface area contributed by atoms with Crippen LogP contribution in [0.2, 0.25) is 0 Å². The lowest BCUT2D eigenvalue weighted by Gasteiger charge is -2.36. The van der Waals surface area contributed by atoms with Gasteiger partial charge in [0.05, 0.1) is 18.1 Å². The van der Waals surface area contributed by atoms with Crippen LogP contribution in [-0.2, 0) is 28.8 Å². The van der Waals surface area contributed by atoms with E-state index in [0.717, 1.165) is 16.7 Å². The molecular weight excluding hydrogens is 893 g/mol. The second kappa shape index (κ2) is 22.8. The van der Waals surface area contributed by atoms with Gasteiger partial charge in [-0.05, 0) is 93.9 Å². The molecule has 18 nitrogen and oxygen atoms in total. The Morgan fingerprint density at radius 3 is 1.37 bits per heavy atom. The Bertz CT molecular complexity index is 2380. The number of amides is 8. The number of nitrogens with one attached hydrogen (secondary N) is 7. The third-order valence-corrected chi connectivity index (χ3v) is 13.2. The van der Waals surface area contributed by atoms with Crippen molar-refractivity contribution in [2.24, 2.45) is 16.6 Å². The summed E-state index contributed by atoms with van der Waals surface area (Å²) in [6.07, 6.45) is 0.129. The van der Waals surface area contributed by atoms with Gasteiger partial charge in [-0.25, -0.2) is 0 Å². The number of aryl methyl sites for hydroxylation is 1. The van der Waals surface area contributed by atoms with E-state index < -0.39 is 107 Å². The average Bonchev–Trinajstić information content (AvgIpc) is 3.95. The molecule has 2 aliphatic rings. The first-order valence-corrected chi connectivity index (χ1v) is 23.8. The minimum Gasteiger partial charge on any atom is -0.368 e. The van der Waals surface area contributed by atoms with Crippen LogP contribution in [0.1, 0.15) is 112 Å². The molecule has 3 aromatic carbocycles. The highest BCUT2D eigenvalue weighted by Gasteiger charge is 2.47. The van der Waals surface area contributed by atoms with E-state index in [-0.39, 0.29) is 43.0 Å². The summed E-state index contributed by atoms with van der Waals surface area (Å²) in [5.74, 6) is -3.95. The Morgan fingerprint density at radius 1 is 0.571 bits per heavy atom. The van der Waals surface area contributed by atoms with Gasteiger partial charge < -0.3 is 52.8 Å². The fraction of sp³-hybridized carbons (Fsp3) is 0.500. The Balaban J connectivity index is 1.33. The Morgan fingerprint density at radius 2 is 0.971 bits per heavy atom. The highest BCUT2D eigenvalue weighted by molar-refractivity contribution is 5.99. The molecule has 0 saturated carbocycles. The molecule has 2 fully saturated rings. The second-order valence-electron chi connectivity index (χ2n) is 20.7. The van der Waals surface area contributed by atoms with E-state index in [0.29, 0.717) is 0 Å². The summed E-state index contributed by atoms with van der Waals surface area (Å²) < 4.78 is 0. The highest BCUT2D eigenvalue weighted by Crippen LogP contribution is 2.30. The van der Waals surface area contributed by atoms with Gasteiger partial charge in [-0.1, -0.05) is 102 Å². The zero-order valence-electron chi connectivity index (χ0n) is 42.3. The standard InChI is InChI=1S/C52H72N10O8/c1-29-17-19-33(20-18-29)40(32-15-13-12-14-16-32)58-48(68)39-26-37(28-62(39)50(70)42(52(7,8)9)60-45(65)31(3)55-11)57-47(67)35-23-21-34(22-24-35)46(66)56-36-25-38(43(53)63)61(27-36)49(69)41(51(4,5)6)59-44(64)30(2)54-10/h12-24,30-31,36-42,54-55H,25-28H2,1-11H3,(H2,53,63)(H,56,66)(H,57,67)(H,58,68)(H,59,64)(H,60,65)/t30-,31-,36-,37-,38-,39-,40+,41+,42+/m0/s1. The number of nitrogens with zero attached hydrogens (tertiary/aromatic N) is 2. The van der Waals surface area contributed by atoms with Gasteiger partial charge in [0, 0.05) is 36.3 Å². The van der Waals surface area contributed by atoms with Crippen LogP contribution in [-0.4, -0.2) is 133 Å². The van der Waals surface area contributed by atoms with Crippen LogP contribution in [0.3, 0.4) is 0 Å². The van der Waals surface area contributed by atoms with Crippen molar-refractivity contribution < 1.29 is 38.4 Å². The number of primary amides is 1. The molecule has 9 N–H and O–H groups in total. The van der Waals surface area contributed by atoms with Gasteiger partial charge >= 0.3 is 0 Å². The monoisotopic (exact) mass is 965 g/mol. The fourth-order valence-corrected chi connectivity index (χ4v) is 8.62. The first kappa shape index (κ1) is 54.3. The quantitative estimate of drug-likeness (QED) is 0.0978. The molecule has 3 aromatic rings. The smallest absolute Gasteiger partial charge is 0.251 e. The maximum atomic E-state index is 14.7. The molecule has 0 spiro atoms. The van der Waals surface area contributed by atoms with E-state index in [1.165, 1.54) is 34.1 Å². The third-order valence-electron chi connectivity index (χ3n) is 13.2. The number of nitrogens with two attached hydrogens (primary N) is 1. The summed E-state index contributed by atoms with van der Waals surface area (Å²) in [5.41, 5.74) is 7.40. The molecule has 0 radical (unpaired) electrons. The molecule has 378 valence electrons. The van der Waals surface area contributed by atoms with E-state index in [1.54, 1.807) is 48.7 Å². The van der Waals surface area contributed by atoms with Gasteiger partial charge in [0.2, 0.25) is 35.4 Å². The van der Waals surface area contributed by atoms with Crippen LogP contribution >= 0.6 is 0 Å². The number of benzene rings is 3. The van der Waals surface area contributed by atoms with E-state index >= 15 is 0 Å². The van der Waals surface area contributed by atoms with Crippen LogP contribution < -0.4 is 43.0 Å². The van der Waals surface area contributed by atoms with Gasteiger partial charge in [-0.15, -0.1) is 0 Å². The molecule has 0 aliphatic carbocycles. The van der Waals surface area contributed by atoms with Gasteiger partial charge in [0.1, 0.15) is 24.2 Å². The lowest BCUT2D eigenvalue weighted by atomic mass is 9.85. The summed E-state index contributed by atoms with van der Waals surface area (Å²) in [4.78, 5) is 112. The van der Waals surface area contributed by atoms with E-state index in [1.807, 2.05) is 82.3 Å². The number of rotatable bonds is 17. The molecule has 2 saturated heterocycles. The minimum absolute atomic E-state index is 0.0283. The molecule has 5 rings (SSSR count). The summed E-state index contributed by atoms with van der Waals surface area (Å²) in [5, 5.41) is 20.5. The maximum Gasteiger partial charge on any atom is 0.251 e. The van der Waals surface area contributed by atoms with Crippen molar-refractivity contribution in [2.45, 2.75) is 130 Å². The first-order chi connectivity index (χ1) is 32.8. The van der Waals surface area contributed by atoms with Crippen molar-refractivity contribution in [3.05, 3.63) is 107 Å². The molecule has 18 heteroatoms. The van der Waals surface area contributed by atoms with Crippen LogP contribution in [0.5, 0.6) is 0 Å². The number of hydrogen-bond acceptors (Lipinski definition) is 10. The summed E-state index contributed by atoms with van der Waals surface area (Å²) in [6, 6.07) is 16.1. The molecule has 2 heterocycles. The van der Waals surface area contributed by atoms with Gasteiger partial charge in [-0.2, -0.15) is 0 Å². The van der Waals surface area contributed by atoms with Gasteiger partial charge in [0.15, 0.2) is 0 Å². The average molecular weight is 965 g/mol. The topological polar surface area (TPSA) is 253 Å². The maximum absolute atomic E-state index is 14.7. The van der Waals surface area contributed by atoms with Crippen molar-refractivity contribution >= 4 is 47.3 Å². The van der Waals surface area contributed by atoms with Gasteiger partial charge in [-0.3, -0.25) is 38.4 Å². The van der Waals surface area contributed by atoms with Crippen LogP contribution in [0.4, 0.5) is 0 Å². The zero-order chi connectivity index (χ0) is 51.8. The number of likely N-dealkylation sites (tertiary alicyclic amines) is 2. The molecule has 70 heavy (non-hydrogen) atoms. The lowest BCUT2D eigenvalue weighted by molar-refractivity contribution is -0.144. The van der Waals surface area contributed by atoms with Crippen molar-refractivity contribution in [2.75, 3.05) is 27.2 Å². The normalized spacial score (nSPS) is 20.3. The van der Waals surface area contributed by atoms with Crippen molar-refractivity contribution in [3.8, 4) is 0 Å². The second-order valence-corrected chi connectivity index (χ2v) is 20.7. The predicted octanol–water partition coefficient (Wildman–Crippen LogP) is 2.06. The summed E-state index contributed by atoms with van der Waals surface area (Å²) in [6.45, 7) is 16.1. The fourth-order valence-electron chi connectivity index (χ4n) is 8.62. The van der Waals surface area contributed by atoms with Crippen LogP contribution in [0, 0.1) is 17.8 Å². The summed E-state index contributed by atoms with van der Waals surface area (Å²) >= 11 is 0. The van der Waals surface area contributed by atoms with Crippen molar-refractivity contribution in [3.63, 3.8) is 0 Å². The molecular formula is C52H72N10O8. The molecule has 0 unspecified atom stereocenters. The number of hydrogen-bond donors (Lipinski definition) is 8. The third kappa shape index (κ3) is 13.4. The molecule has 9 atom stereocenters. The largest absolute Gasteiger partial charge is 0.368 e. The predicted molar refractivity (Wildman–Crippen MR) is 266 cm³/mol. The number of carbonyl (C=O) groups is 8. The lowest BCUT2D eigenvalue weighted by Crippen LogP contribution is -2.59. The Hall–Kier alpha value is -6.66. The molecule has 2 aliphatic heterocycles. The minimum atomic E-state index is -1.03.